The first-order valence-electron chi connectivity index (χ1n) is 7.27. The maximum Gasteiger partial charge on any atom is 0.321 e. The molecule has 0 bridgehead atoms. The number of ether oxygens (including phenoxy) is 1. The summed E-state index contributed by atoms with van der Waals surface area (Å²) in [6.45, 7) is -0.441. The Morgan fingerprint density at radius 1 is 0.926 bits per heavy atom. The molecule has 0 radical (unpaired) electrons. The first-order valence-corrected chi connectivity index (χ1v) is 8.75. The molecule has 27 heavy (non-hydrogen) atoms. The van der Waals surface area contributed by atoms with E-state index >= 15 is 0 Å². The van der Waals surface area contributed by atoms with Gasteiger partial charge in [-0.15, -0.1) is 0 Å². The van der Waals surface area contributed by atoms with Crippen LogP contribution >= 0.6 is 0 Å². The van der Waals surface area contributed by atoms with Crippen LogP contribution in [-0.2, 0) is 26.2 Å². The average molecular weight is 409 g/mol. The molecule has 0 aliphatic carbocycles. The van der Waals surface area contributed by atoms with Crippen molar-refractivity contribution in [3.8, 4) is 0 Å². The Kier molecular flexibility index (Phi) is 6.16. The second-order valence-electron chi connectivity index (χ2n) is 5.35. The number of sulfonamides is 1. The summed E-state index contributed by atoms with van der Waals surface area (Å²) in [5, 5.41) is 0. The molecule has 0 aromatic heterocycles. The molecular weight excluding hydrogens is 397 g/mol. The summed E-state index contributed by atoms with van der Waals surface area (Å²) in [6, 6.07) is 5.63. The first-order chi connectivity index (χ1) is 12.5. The van der Waals surface area contributed by atoms with Crippen LogP contribution in [0.2, 0.25) is 0 Å². The maximum atomic E-state index is 13.5. The minimum atomic E-state index is -4.06. The highest BCUT2D eigenvalue weighted by atomic mass is 32.2. The highest BCUT2D eigenvalue weighted by Crippen LogP contribution is 2.23. The Labute approximate surface area is 150 Å². The van der Waals surface area contributed by atoms with E-state index in [1.165, 1.54) is 24.3 Å². The lowest BCUT2D eigenvalue weighted by Crippen LogP contribution is -2.30. The zero-order valence-electron chi connectivity index (χ0n) is 13.7. The molecule has 5 nitrogen and oxygen atoms in total. The van der Waals surface area contributed by atoms with Crippen LogP contribution in [0.3, 0.4) is 0 Å². The summed E-state index contributed by atoms with van der Waals surface area (Å²) in [5.74, 6) is -12.3. The normalized spacial score (nSPS) is 11.5. The Hall–Kier alpha value is -2.53. The van der Waals surface area contributed by atoms with Crippen LogP contribution < -0.4 is 4.72 Å². The van der Waals surface area contributed by atoms with Gasteiger partial charge in [-0.3, -0.25) is 4.79 Å². The van der Waals surface area contributed by atoms with Crippen molar-refractivity contribution in [2.75, 3.05) is 6.54 Å². The second kappa shape index (κ2) is 8.01. The number of nitrogens with one attached hydrogen (secondary N) is 1. The van der Waals surface area contributed by atoms with Gasteiger partial charge in [0.2, 0.25) is 15.8 Å². The molecule has 146 valence electrons. The molecule has 2 aromatic carbocycles. The second-order valence-corrected chi connectivity index (χ2v) is 7.11. The van der Waals surface area contributed by atoms with E-state index in [2.05, 4.69) is 4.74 Å². The molecule has 0 aliphatic heterocycles. The van der Waals surface area contributed by atoms with Crippen molar-refractivity contribution in [3.63, 3.8) is 0 Å². The monoisotopic (exact) mass is 409 g/mol. The average Bonchev–Trinajstić information content (AvgIpc) is 2.63. The minimum Gasteiger partial charge on any atom is -0.460 e. The molecule has 0 saturated carbocycles. The van der Waals surface area contributed by atoms with Crippen LogP contribution in [0.25, 0.3) is 0 Å². The van der Waals surface area contributed by atoms with E-state index in [0.29, 0.717) is 0 Å². The van der Waals surface area contributed by atoms with E-state index in [1.807, 2.05) is 4.72 Å². The molecular formula is C16H12F5NO4S. The fourth-order valence-corrected chi connectivity index (χ4v) is 2.90. The molecule has 0 heterocycles. The quantitative estimate of drug-likeness (QED) is 0.345. The van der Waals surface area contributed by atoms with Crippen molar-refractivity contribution < 1.29 is 39.9 Å². The zero-order chi connectivity index (χ0) is 20.4. The zero-order valence-corrected chi connectivity index (χ0v) is 14.5. The van der Waals surface area contributed by atoms with E-state index in [-0.39, 0.29) is 4.90 Å². The number of rotatable bonds is 6. The largest absolute Gasteiger partial charge is 0.460 e. The Bertz CT molecular complexity index is 948. The van der Waals surface area contributed by atoms with Crippen molar-refractivity contribution in [2.45, 2.75) is 18.4 Å². The third-order valence-corrected chi connectivity index (χ3v) is 4.83. The van der Waals surface area contributed by atoms with E-state index < -0.39 is 63.8 Å². The number of halogens is 5. The fraction of sp³-hybridized carbons (Fsp3) is 0.188. The van der Waals surface area contributed by atoms with Crippen LogP contribution in [-0.4, -0.2) is 20.9 Å². The predicted octanol–water partition coefficient (Wildman–Crippen LogP) is 2.71. The van der Waals surface area contributed by atoms with Gasteiger partial charge >= 0.3 is 5.97 Å². The summed E-state index contributed by atoms with van der Waals surface area (Å²) in [5.41, 5.74) is -0.544. The predicted molar refractivity (Wildman–Crippen MR) is 82.4 cm³/mol. The van der Waals surface area contributed by atoms with Gasteiger partial charge in [-0.05, 0) is 19.1 Å². The van der Waals surface area contributed by atoms with Gasteiger partial charge in [0.05, 0.1) is 10.5 Å². The van der Waals surface area contributed by atoms with E-state index in [0.717, 1.165) is 5.56 Å². The van der Waals surface area contributed by atoms with E-state index in [9.17, 15) is 35.2 Å². The highest BCUT2D eigenvalue weighted by Gasteiger charge is 2.26. The molecule has 0 amide bonds. The number of carbonyl (C=O) groups excluding carboxylic acids is 1. The molecule has 0 spiro atoms. The Balaban J connectivity index is 2.02. The van der Waals surface area contributed by atoms with E-state index in [1.54, 1.807) is 6.92 Å². The number of hydrogen-bond donors (Lipinski definition) is 1. The third-order valence-electron chi connectivity index (χ3n) is 3.42. The molecule has 0 fully saturated rings. The smallest absolute Gasteiger partial charge is 0.321 e. The molecule has 0 unspecified atom stereocenters. The van der Waals surface area contributed by atoms with Crippen molar-refractivity contribution in [1.82, 2.24) is 4.72 Å². The van der Waals surface area contributed by atoms with Crippen molar-refractivity contribution in [2.24, 2.45) is 0 Å². The van der Waals surface area contributed by atoms with Gasteiger partial charge in [-0.1, -0.05) is 17.7 Å². The lowest BCUT2D eigenvalue weighted by Gasteiger charge is -2.10. The van der Waals surface area contributed by atoms with Gasteiger partial charge < -0.3 is 4.74 Å². The van der Waals surface area contributed by atoms with Crippen LogP contribution in [0.4, 0.5) is 22.0 Å². The number of benzene rings is 2. The van der Waals surface area contributed by atoms with Gasteiger partial charge in [0, 0.05) is 0 Å². The van der Waals surface area contributed by atoms with Crippen LogP contribution in [0.15, 0.2) is 29.2 Å². The number of esters is 1. The summed E-state index contributed by atoms with van der Waals surface area (Å²) in [4.78, 5) is 11.4. The van der Waals surface area contributed by atoms with Crippen LogP contribution in [0.1, 0.15) is 11.1 Å². The van der Waals surface area contributed by atoms with Crippen LogP contribution in [0, 0.1) is 36.0 Å². The first kappa shape index (κ1) is 20.8. The Morgan fingerprint density at radius 3 is 1.93 bits per heavy atom. The summed E-state index contributed by atoms with van der Waals surface area (Å²) < 4.78 is 96.2. The summed E-state index contributed by atoms with van der Waals surface area (Å²) in [6.07, 6.45) is 0. The number of aryl methyl sites for hydroxylation is 1. The lowest BCUT2D eigenvalue weighted by molar-refractivity contribution is -0.143. The van der Waals surface area contributed by atoms with Crippen LogP contribution in [0.5, 0.6) is 0 Å². The van der Waals surface area contributed by atoms with Gasteiger partial charge in [-0.25, -0.2) is 30.4 Å². The lowest BCUT2D eigenvalue weighted by atomic mass is 10.2. The molecule has 0 saturated heterocycles. The SMILES string of the molecule is Cc1ccc(S(=O)(=O)NCC(=O)OCc2c(F)c(F)c(F)c(F)c2F)cc1. The van der Waals surface area contributed by atoms with Crippen molar-refractivity contribution in [3.05, 3.63) is 64.5 Å². The molecule has 11 heteroatoms. The highest BCUT2D eigenvalue weighted by molar-refractivity contribution is 7.89. The molecule has 2 aromatic rings. The maximum absolute atomic E-state index is 13.5. The third kappa shape index (κ3) is 4.61. The minimum absolute atomic E-state index is 0.138. The Morgan fingerprint density at radius 2 is 1.41 bits per heavy atom. The standard InChI is InChI=1S/C16H12F5NO4S/c1-8-2-4-9(5-3-8)27(24,25)22-6-11(23)26-7-10-12(17)14(19)16(21)15(20)13(10)18/h2-5,22H,6-7H2,1H3. The van der Waals surface area contributed by atoms with E-state index in [4.69, 9.17) is 0 Å². The molecule has 0 atom stereocenters. The number of carbonyl (C=O) groups is 1. The van der Waals surface area contributed by atoms with Gasteiger partial charge in [0.1, 0.15) is 13.2 Å². The fourth-order valence-electron chi connectivity index (χ4n) is 1.94. The molecule has 1 N–H and O–H groups in total. The molecule has 0 aliphatic rings. The van der Waals surface area contributed by atoms with Crippen molar-refractivity contribution >= 4 is 16.0 Å². The molecule has 2 rings (SSSR count). The van der Waals surface area contributed by atoms with Gasteiger partial charge in [0.25, 0.3) is 0 Å². The topological polar surface area (TPSA) is 72.5 Å². The number of hydrogen-bond acceptors (Lipinski definition) is 4. The van der Waals surface area contributed by atoms with Crippen molar-refractivity contribution in [1.29, 1.82) is 0 Å². The summed E-state index contributed by atoms with van der Waals surface area (Å²) >= 11 is 0. The van der Waals surface area contributed by atoms with Gasteiger partial charge in [-0.2, -0.15) is 4.72 Å². The van der Waals surface area contributed by atoms with Gasteiger partial charge in [0.15, 0.2) is 23.3 Å². The summed E-state index contributed by atoms with van der Waals surface area (Å²) in [7, 11) is -4.06.